The number of hydrogen-bond donors (Lipinski definition) is 2. The molecule has 9 atom stereocenters. The van der Waals surface area contributed by atoms with Gasteiger partial charge in [0.05, 0.1) is 6.54 Å². The summed E-state index contributed by atoms with van der Waals surface area (Å²) in [6, 6.07) is 0. The maximum Gasteiger partial charge on any atom is 0.314 e. The van der Waals surface area contributed by atoms with Gasteiger partial charge in [-0.3, -0.25) is 9.59 Å². The minimum absolute atomic E-state index is 0.169. The van der Waals surface area contributed by atoms with Crippen LogP contribution in [-0.4, -0.2) is 23.4 Å². The highest BCUT2D eigenvalue weighted by Crippen LogP contribution is 2.68. The second-order valence-electron chi connectivity index (χ2n) is 11.9. The molecule has 0 aromatic carbocycles. The molecule has 3 N–H and O–H groups in total. The van der Waals surface area contributed by atoms with Crippen LogP contribution in [0.25, 0.3) is 0 Å². The first-order valence-electron chi connectivity index (χ1n) is 12.7. The van der Waals surface area contributed by atoms with Crippen LogP contribution in [0, 0.1) is 52.3 Å². The summed E-state index contributed by atoms with van der Waals surface area (Å²) >= 11 is 0. The Morgan fingerprint density at radius 3 is 2.40 bits per heavy atom. The van der Waals surface area contributed by atoms with Crippen molar-refractivity contribution in [1.82, 2.24) is 0 Å². The molecule has 4 saturated carbocycles. The molecule has 0 bridgehead atoms. The number of nitrogens with two attached hydrogens (primary N) is 1. The highest BCUT2D eigenvalue weighted by atomic mass is 16.4. The van der Waals surface area contributed by atoms with Crippen molar-refractivity contribution < 1.29 is 14.7 Å². The number of Topliss-reactive ketones (excluding diaryl/α,β-unsaturated/α-hetero) is 1. The monoisotopic (exact) mass is 417 g/mol. The molecule has 0 radical (unpaired) electrons. The summed E-state index contributed by atoms with van der Waals surface area (Å²) in [4.78, 5) is 23.8. The summed E-state index contributed by atoms with van der Waals surface area (Å²) in [6.45, 7) is 7.17. The van der Waals surface area contributed by atoms with Gasteiger partial charge in [0.15, 0.2) is 5.78 Å². The third-order valence-electron chi connectivity index (χ3n) is 10.8. The minimum Gasteiger partial charge on any atom is -0.481 e. The molecule has 0 spiro atoms. The van der Waals surface area contributed by atoms with E-state index in [9.17, 15) is 14.7 Å². The Bertz CT molecular complexity index is 677. The lowest BCUT2D eigenvalue weighted by Gasteiger charge is -2.61. The van der Waals surface area contributed by atoms with Crippen LogP contribution in [0.3, 0.4) is 0 Å². The lowest BCUT2D eigenvalue weighted by molar-refractivity contribution is -0.147. The van der Waals surface area contributed by atoms with Crippen molar-refractivity contribution in [3.8, 4) is 0 Å². The van der Waals surface area contributed by atoms with Crippen molar-refractivity contribution in [2.45, 2.75) is 91.4 Å². The zero-order valence-electron chi connectivity index (χ0n) is 19.4. The first kappa shape index (κ1) is 22.3. The number of ketones is 1. The predicted octanol–water partition coefficient (Wildman–Crippen LogP) is 5.29. The van der Waals surface area contributed by atoms with Gasteiger partial charge in [0.25, 0.3) is 0 Å². The van der Waals surface area contributed by atoms with Crippen molar-refractivity contribution in [3.63, 3.8) is 0 Å². The minimum atomic E-state index is -0.996. The van der Waals surface area contributed by atoms with E-state index in [4.69, 9.17) is 5.73 Å². The average molecular weight is 418 g/mol. The molecule has 4 heteroatoms. The van der Waals surface area contributed by atoms with Gasteiger partial charge in [-0.15, -0.1) is 0 Å². The fraction of sp³-hybridized carbons (Fsp3) is 0.923. The Kier molecular flexibility index (Phi) is 6.11. The van der Waals surface area contributed by atoms with E-state index in [2.05, 4.69) is 20.8 Å². The van der Waals surface area contributed by atoms with E-state index in [1.165, 1.54) is 64.2 Å². The SMILES string of the molecule is C[C@H](CC(C(=O)O)C(=O)CN)[C@H]1CC[C@H]2[C@@H]3CCC4CCCC[C@]4(C)[C@H]3CC[C@]12C. The molecular weight excluding hydrogens is 374 g/mol. The molecule has 4 fully saturated rings. The molecule has 0 amide bonds. The second-order valence-corrected chi connectivity index (χ2v) is 11.9. The van der Waals surface area contributed by atoms with E-state index < -0.39 is 11.9 Å². The van der Waals surface area contributed by atoms with E-state index in [-0.39, 0.29) is 18.2 Å². The molecule has 30 heavy (non-hydrogen) atoms. The van der Waals surface area contributed by atoms with Gasteiger partial charge in [0, 0.05) is 0 Å². The van der Waals surface area contributed by atoms with Crippen molar-refractivity contribution in [2.24, 2.45) is 58.0 Å². The quantitative estimate of drug-likeness (QED) is 0.575. The van der Waals surface area contributed by atoms with Crippen LogP contribution in [0.2, 0.25) is 0 Å². The van der Waals surface area contributed by atoms with Gasteiger partial charge in [-0.05, 0) is 104 Å². The zero-order chi connectivity index (χ0) is 21.7. The number of aliphatic carboxylic acids is 1. The van der Waals surface area contributed by atoms with Crippen LogP contribution in [0.4, 0.5) is 0 Å². The van der Waals surface area contributed by atoms with Crippen molar-refractivity contribution in [3.05, 3.63) is 0 Å². The van der Waals surface area contributed by atoms with E-state index in [1.807, 2.05) is 0 Å². The number of hydrogen-bond acceptors (Lipinski definition) is 3. The molecule has 2 unspecified atom stereocenters. The lowest BCUT2D eigenvalue weighted by atomic mass is 9.44. The standard InChI is InChI=1S/C26H43NO3/c1-16(14-19(24(29)30)23(28)15-27)20-9-10-21-18-8-7-17-6-4-5-12-25(17,2)22(18)11-13-26(20,21)3/h16-22H,4-15,27H2,1-3H3,(H,29,30)/t16-,17?,18+,19?,20-,21+,22+,25+,26-/m1/s1. The van der Waals surface area contributed by atoms with Crippen molar-refractivity contribution in [1.29, 1.82) is 0 Å². The molecule has 4 nitrogen and oxygen atoms in total. The van der Waals surface area contributed by atoms with Gasteiger partial charge in [0.2, 0.25) is 0 Å². The van der Waals surface area contributed by atoms with Crippen LogP contribution in [0.15, 0.2) is 0 Å². The van der Waals surface area contributed by atoms with Gasteiger partial charge >= 0.3 is 5.97 Å². The Morgan fingerprint density at radius 1 is 0.967 bits per heavy atom. The zero-order valence-corrected chi connectivity index (χ0v) is 19.4. The molecule has 0 aromatic heterocycles. The third kappa shape index (κ3) is 3.45. The topological polar surface area (TPSA) is 80.4 Å². The molecule has 4 aliphatic carbocycles. The van der Waals surface area contributed by atoms with Gasteiger partial charge in [-0.25, -0.2) is 0 Å². The van der Waals surface area contributed by atoms with Crippen LogP contribution in [0.5, 0.6) is 0 Å². The molecule has 0 aliphatic heterocycles. The predicted molar refractivity (Wildman–Crippen MR) is 119 cm³/mol. The summed E-state index contributed by atoms with van der Waals surface area (Å²) in [5, 5.41) is 9.58. The van der Waals surface area contributed by atoms with E-state index >= 15 is 0 Å². The van der Waals surface area contributed by atoms with Crippen LogP contribution >= 0.6 is 0 Å². The molecule has 4 aliphatic rings. The van der Waals surface area contributed by atoms with Crippen LogP contribution in [-0.2, 0) is 9.59 Å². The van der Waals surface area contributed by atoms with Gasteiger partial charge in [0.1, 0.15) is 5.92 Å². The molecule has 0 heterocycles. The summed E-state index contributed by atoms with van der Waals surface area (Å²) in [5.74, 6) is 2.05. The summed E-state index contributed by atoms with van der Waals surface area (Å²) in [5.41, 5.74) is 6.37. The highest BCUT2D eigenvalue weighted by molar-refractivity contribution is 5.99. The van der Waals surface area contributed by atoms with Crippen molar-refractivity contribution in [2.75, 3.05) is 6.54 Å². The van der Waals surface area contributed by atoms with Gasteiger partial charge in [-0.1, -0.05) is 33.6 Å². The van der Waals surface area contributed by atoms with E-state index in [0.717, 1.165) is 23.7 Å². The third-order valence-corrected chi connectivity index (χ3v) is 10.8. The number of fused-ring (bicyclic) bond motifs is 5. The molecule has 4 rings (SSSR count). The van der Waals surface area contributed by atoms with Gasteiger partial charge in [-0.2, -0.15) is 0 Å². The number of rotatable bonds is 6. The summed E-state index contributed by atoms with van der Waals surface area (Å²) in [6.07, 6.45) is 14.2. The first-order valence-corrected chi connectivity index (χ1v) is 12.7. The van der Waals surface area contributed by atoms with Crippen molar-refractivity contribution >= 4 is 11.8 Å². The maximum atomic E-state index is 12.1. The smallest absolute Gasteiger partial charge is 0.314 e. The number of carbonyl (C=O) groups excluding carboxylic acids is 1. The van der Waals surface area contributed by atoms with Gasteiger partial charge < -0.3 is 10.8 Å². The Labute approximate surface area is 182 Å². The normalized spacial score (nSPS) is 45.0. The number of carboxylic acid groups (broad SMARTS) is 1. The average Bonchev–Trinajstić information content (AvgIpc) is 3.08. The Balaban J connectivity index is 1.51. The summed E-state index contributed by atoms with van der Waals surface area (Å²) < 4.78 is 0. The lowest BCUT2D eigenvalue weighted by Crippen LogP contribution is -2.53. The fourth-order valence-corrected chi connectivity index (χ4v) is 9.32. The summed E-state index contributed by atoms with van der Waals surface area (Å²) in [7, 11) is 0. The fourth-order valence-electron chi connectivity index (χ4n) is 9.32. The Morgan fingerprint density at radius 2 is 1.70 bits per heavy atom. The number of carboxylic acids is 1. The molecular formula is C26H43NO3. The maximum absolute atomic E-state index is 12.1. The van der Waals surface area contributed by atoms with Crippen LogP contribution in [0.1, 0.15) is 91.4 Å². The number of carbonyl (C=O) groups is 2. The Hall–Kier alpha value is -0.900. The molecule has 0 saturated heterocycles. The molecule has 170 valence electrons. The van der Waals surface area contributed by atoms with Crippen LogP contribution < -0.4 is 5.73 Å². The van der Waals surface area contributed by atoms with E-state index in [0.29, 0.717) is 23.2 Å². The largest absolute Gasteiger partial charge is 0.481 e. The highest BCUT2D eigenvalue weighted by Gasteiger charge is 2.60. The van der Waals surface area contributed by atoms with E-state index in [1.54, 1.807) is 0 Å². The second kappa shape index (κ2) is 8.22. The molecule has 0 aromatic rings. The first-order chi connectivity index (χ1) is 14.2.